The molecule has 1 N–H and O–H groups in total. The van der Waals surface area contributed by atoms with E-state index in [9.17, 15) is 4.79 Å². The van der Waals surface area contributed by atoms with Crippen LogP contribution >= 0.6 is 11.8 Å². The number of amides is 1. The third kappa shape index (κ3) is 5.79. The predicted octanol–water partition coefficient (Wildman–Crippen LogP) is 2.77. The number of aryl methyl sites for hydroxylation is 1. The van der Waals surface area contributed by atoms with Crippen LogP contribution in [0.5, 0.6) is 0 Å². The first-order valence-electron chi connectivity index (χ1n) is 6.59. The Morgan fingerprint density at radius 1 is 1.24 bits per heavy atom. The van der Waals surface area contributed by atoms with Gasteiger partial charge >= 0.3 is 0 Å². The molecule has 0 aliphatic rings. The molecule has 0 fully saturated rings. The van der Waals surface area contributed by atoms with E-state index in [2.05, 4.69) is 46.7 Å². The second-order valence-electron chi connectivity index (χ2n) is 4.55. The van der Waals surface area contributed by atoms with E-state index < -0.39 is 0 Å². The molecular weight excluding hydrogens is 282 g/mol. The van der Waals surface area contributed by atoms with Crippen molar-refractivity contribution >= 4 is 23.9 Å². The molecular formula is C16H17N3OS. The molecule has 0 bridgehead atoms. The average molecular weight is 299 g/mol. The summed E-state index contributed by atoms with van der Waals surface area (Å²) in [6, 6.07) is 12.0. The monoisotopic (exact) mass is 299 g/mol. The molecule has 1 aromatic carbocycles. The molecule has 0 radical (unpaired) electrons. The number of carbonyl (C=O) groups is 1. The summed E-state index contributed by atoms with van der Waals surface area (Å²) in [5.41, 5.74) is 5.88. The van der Waals surface area contributed by atoms with Gasteiger partial charge in [0, 0.05) is 18.1 Å². The summed E-state index contributed by atoms with van der Waals surface area (Å²) in [6.07, 6.45) is 4.96. The molecule has 1 aromatic heterocycles. The molecule has 108 valence electrons. The van der Waals surface area contributed by atoms with E-state index in [0.717, 1.165) is 11.3 Å². The lowest BCUT2D eigenvalue weighted by atomic mass is 10.2. The number of hydrogen-bond acceptors (Lipinski definition) is 4. The van der Waals surface area contributed by atoms with E-state index in [0.29, 0.717) is 5.75 Å². The van der Waals surface area contributed by atoms with Crippen LogP contribution in [0, 0.1) is 6.92 Å². The van der Waals surface area contributed by atoms with Crippen molar-refractivity contribution in [2.75, 3.05) is 5.75 Å². The Kier molecular flexibility index (Phi) is 5.97. The highest BCUT2D eigenvalue weighted by molar-refractivity contribution is 7.99. The standard InChI is InChI=1S/C16H17N3OS/c1-13-2-4-15(5-3-13)11-21-12-16(20)19-18-10-14-6-8-17-9-7-14/h2-10H,11-12H2,1H3,(H,19,20)/b18-10+. The third-order valence-corrected chi connectivity index (χ3v) is 3.74. The van der Waals surface area contributed by atoms with Crippen LogP contribution in [0.2, 0.25) is 0 Å². The van der Waals surface area contributed by atoms with Crippen molar-refractivity contribution < 1.29 is 4.79 Å². The Balaban J connectivity index is 1.68. The lowest BCUT2D eigenvalue weighted by Gasteiger charge is -2.02. The number of pyridine rings is 1. The molecule has 0 aliphatic heterocycles. The first-order chi connectivity index (χ1) is 10.2. The smallest absolute Gasteiger partial charge is 0.250 e. The van der Waals surface area contributed by atoms with Crippen LogP contribution in [-0.2, 0) is 10.5 Å². The Bertz CT molecular complexity index is 597. The van der Waals surface area contributed by atoms with Crippen molar-refractivity contribution in [3.8, 4) is 0 Å². The first-order valence-corrected chi connectivity index (χ1v) is 7.75. The molecule has 0 saturated carbocycles. The molecule has 0 atom stereocenters. The maximum Gasteiger partial charge on any atom is 0.250 e. The first kappa shape index (κ1) is 15.3. The van der Waals surface area contributed by atoms with Gasteiger partial charge in [-0.05, 0) is 30.2 Å². The van der Waals surface area contributed by atoms with Gasteiger partial charge in [-0.25, -0.2) is 5.43 Å². The number of carbonyl (C=O) groups excluding carboxylic acids is 1. The maximum absolute atomic E-state index is 11.6. The summed E-state index contributed by atoms with van der Waals surface area (Å²) in [5.74, 6) is 1.11. The lowest BCUT2D eigenvalue weighted by molar-refractivity contribution is -0.118. The van der Waals surface area contributed by atoms with Gasteiger partial charge in [0.15, 0.2) is 0 Å². The molecule has 0 spiro atoms. The molecule has 4 nitrogen and oxygen atoms in total. The van der Waals surface area contributed by atoms with E-state index >= 15 is 0 Å². The fourth-order valence-electron chi connectivity index (χ4n) is 1.61. The second-order valence-corrected chi connectivity index (χ2v) is 5.54. The highest BCUT2D eigenvalue weighted by atomic mass is 32.2. The lowest BCUT2D eigenvalue weighted by Crippen LogP contribution is -2.19. The van der Waals surface area contributed by atoms with Gasteiger partial charge in [0.2, 0.25) is 5.91 Å². The van der Waals surface area contributed by atoms with Crippen molar-refractivity contribution in [3.05, 3.63) is 65.5 Å². The normalized spacial score (nSPS) is 10.7. The summed E-state index contributed by atoms with van der Waals surface area (Å²) in [4.78, 5) is 15.5. The van der Waals surface area contributed by atoms with Crippen molar-refractivity contribution in [3.63, 3.8) is 0 Å². The Hall–Kier alpha value is -2.14. The fourth-order valence-corrected chi connectivity index (χ4v) is 2.39. The highest BCUT2D eigenvalue weighted by Crippen LogP contribution is 2.12. The Labute approximate surface area is 128 Å². The number of nitrogens with zero attached hydrogens (tertiary/aromatic N) is 2. The van der Waals surface area contributed by atoms with Crippen LogP contribution in [0.3, 0.4) is 0 Å². The van der Waals surface area contributed by atoms with Gasteiger partial charge in [-0.1, -0.05) is 29.8 Å². The number of hydrogen-bond donors (Lipinski definition) is 1. The van der Waals surface area contributed by atoms with E-state index in [1.165, 1.54) is 11.1 Å². The van der Waals surface area contributed by atoms with Gasteiger partial charge in [0.05, 0.1) is 12.0 Å². The topological polar surface area (TPSA) is 54.4 Å². The summed E-state index contributed by atoms with van der Waals surface area (Å²) in [6.45, 7) is 2.06. The van der Waals surface area contributed by atoms with E-state index in [4.69, 9.17) is 0 Å². The van der Waals surface area contributed by atoms with Gasteiger partial charge in [0.1, 0.15) is 0 Å². The molecule has 0 saturated heterocycles. The summed E-state index contributed by atoms with van der Waals surface area (Å²) >= 11 is 1.57. The van der Waals surface area contributed by atoms with Crippen LogP contribution in [0.1, 0.15) is 16.7 Å². The molecule has 2 aromatic rings. The molecule has 1 amide bonds. The quantitative estimate of drug-likeness (QED) is 0.659. The van der Waals surface area contributed by atoms with E-state index in [1.807, 2.05) is 12.1 Å². The van der Waals surface area contributed by atoms with E-state index in [1.54, 1.807) is 30.4 Å². The number of rotatable bonds is 6. The second kappa shape index (κ2) is 8.21. The number of hydrazone groups is 1. The van der Waals surface area contributed by atoms with Crippen LogP contribution in [-0.4, -0.2) is 22.9 Å². The molecule has 2 rings (SSSR count). The fraction of sp³-hybridized carbons (Fsp3) is 0.188. The van der Waals surface area contributed by atoms with Crippen LogP contribution in [0.15, 0.2) is 53.9 Å². The van der Waals surface area contributed by atoms with Crippen molar-refractivity contribution in [1.29, 1.82) is 0 Å². The molecule has 0 aliphatic carbocycles. The molecule has 21 heavy (non-hydrogen) atoms. The number of thioether (sulfide) groups is 1. The SMILES string of the molecule is Cc1ccc(CSCC(=O)N/N=C/c2ccncc2)cc1. The Morgan fingerprint density at radius 2 is 1.95 bits per heavy atom. The van der Waals surface area contributed by atoms with Gasteiger partial charge < -0.3 is 0 Å². The maximum atomic E-state index is 11.6. The summed E-state index contributed by atoms with van der Waals surface area (Å²) in [7, 11) is 0. The molecule has 1 heterocycles. The number of nitrogens with one attached hydrogen (secondary N) is 1. The minimum atomic E-state index is -0.0996. The largest absolute Gasteiger partial charge is 0.272 e. The highest BCUT2D eigenvalue weighted by Gasteiger charge is 2.00. The summed E-state index contributed by atoms with van der Waals surface area (Å²) < 4.78 is 0. The third-order valence-electron chi connectivity index (χ3n) is 2.73. The predicted molar refractivity (Wildman–Crippen MR) is 87.3 cm³/mol. The van der Waals surface area contributed by atoms with Crippen molar-refractivity contribution in [2.24, 2.45) is 5.10 Å². The van der Waals surface area contributed by atoms with Gasteiger partial charge in [-0.3, -0.25) is 9.78 Å². The minimum Gasteiger partial charge on any atom is -0.272 e. The van der Waals surface area contributed by atoms with Crippen LogP contribution < -0.4 is 5.43 Å². The zero-order valence-electron chi connectivity index (χ0n) is 11.8. The zero-order valence-corrected chi connectivity index (χ0v) is 12.6. The van der Waals surface area contributed by atoms with Crippen molar-refractivity contribution in [1.82, 2.24) is 10.4 Å². The minimum absolute atomic E-state index is 0.0996. The van der Waals surface area contributed by atoms with E-state index in [-0.39, 0.29) is 5.91 Å². The molecule has 0 unspecified atom stereocenters. The number of aromatic nitrogens is 1. The molecule has 5 heteroatoms. The van der Waals surface area contributed by atoms with Crippen LogP contribution in [0.25, 0.3) is 0 Å². The average Bonchev–Trinajstić information content (AvgIpc) is 2.50. The van der Waals surface area contributed by atoms with Crippen molar-refractivity contribution in [2.45, 2.75) is 12.7 Å². The van der Waals surface area contributed by atoms with Crippen LogP contribution in [0.4, 0.5) is 0 Å². The zero-order chi connectivity index (χ0) is 14.9. The summed E-state index contributed by atoms with van der Waals surface area (Å²) in [5, 5.41) is 3.91. The van der Waals surface area contributed by atoms with Gasteiger partial charge in [-0.15, -0.1) is 11.8 Å². The number of benzene rings is 1. The van der Waals surface area contributed by atoms with Gasteiger partial charge in [0.25, 0.3) is 0 Å². The Morgan fingerprint density at radius 3 is 2.67 bits per heavy atom. The van der Waals surface area contributed by atoms with Gasteiger partial charge in [-0.2, -0.15) is 5.10 Å².